The van der Waals surface area contributed by atoms with Crippen LogP contribution in [0.15, 0.2) is 54.6 Å². The number of carbonyl (C=O) groups excluding carboxylic acids is 1. The number of hydrogen-bond donors (Lipinski definition) is 3. The third-order valence-electron chi connectivity index (χ3n) is 5.07. The summed E-state index contributed by atoms with van der Waals surface area (Å²) in [6.45, 7) is 3.24. The van der Waals surface area contributed by atoms with E-state index in [1.165, 1.54) is 12.1 Å². The number of rotatable bonds is 6. The maximum Gasteiger partial charge on any atom is 0.416 e. The van der Waals surface area contributed by atoms with E-state index in [0.29, 0.717) is 38.4 Å². The molecule has 0 radical (unpaired) electrons. The SMILES string of the molecule is NC(=O)Nc1ccc(/C=C/[C@H](O)CN2CCN(c3ccc(C(F)(F)F)cc3)CC2)cc1. The molecule has 0 bridgehead atoms. The van der Waals surface area contributed by atoms with Gasteiger partial charge in [-0.05, 0) is 42.0 Å². The Kier molecular flexibility index (Phi) is 7.19. The van der Waals surface area contributed by atoms with Crippen LogP contribution in [0.3, 0.4) is 0 Å². The zero-order chi connectivity index (χ0) is 22.4. The normalized spacial score (nSPS) is 16.5. The predicted molar refractivity (Wildman–Crippen MR) is 115 cm³/mol. The first kappa shape index (κ1) is 22.6. The van der Waals surface area contributed by atoms with Crippen LogP contribution in [0.1, 0.15) is 11.1 Å². The van der Waals surface area contributed by atoms with Gasteiger partial charge in [0.15, 0.2) is 0 Å². The average Bonchev–Trinajstić information content (AvgIpc) is 2.73. The van der Waals surface area contributed by atoms with Gasteiger partial charge in [0.05, 0.1) is 11.7 Å². The standard InChI is InChI=1S/C22H25F3N4O2/c23-22(24,25)17-4-8-19(9-5-17)29-13-11-28(12-14-29)15-20(30)10-3-16-1-6-18(7-2-16)27-21(26)31/h1-10,20,30H,11-15H2,(H3,26,27,31)/b10-3+/t20-/m0/s1. The second-order valence-corrected chi connectivity index (χ2v) is 7.37. The number of benzene rings is 2. The van der Waals surface area contributed by atoms with E-state index < -0.39 is 23.9 Å². The number of aliphatic hydroxyl groups excluding tert-OH is 1. The Hall–Kier alpha value is -3.04. The number of alkyl halides is 3. The number of aliphatic hydroxyl groups is 1. The van der Waals surface area contributed by atoms with Crippen LogP contribution in [0.4, 0.5) is 29.3 Å². The van der Waals surface area contributed by atoms with Gasteiger partial charge in [-0.3, -0.25) is 4.90 Å². The van der Waals surface area contributed by atoms with Gasteiger partial charge < -0.3 is 21.1 Å². The number of halogens is 3. The lowest BCUT2D eigenvalue weighted by molar-refractivity contribution is -0.137. The van der Waals surface area contributed by atoms with Crippen molar-refractivity contribution >= 4 is 23.5 Å². The minimum absolute atomic E-state index is 0.471. The average molecular weight is 434 g/mol. The van der Waals surface area contributed by atoms with E-state index in [-0.39, 0.29) is 0 Å². The molecule has 3 rings (SSSR count). The van der Waals surface area contributed by atoms with Crippen molar-refractivity contribution in [2.45, 2.75) is 12.3 Å². The molecular weight excluding hydrogens is 409 g/mol. The fourth-order valence-corrected chi connectivity index (χ4v) is 3.42. The zero-order valence-electron chi connectivity index (χ0n) is 16.8. The third-order valence-corrected chi connectivity index (χ3v) is 5.07. The molecule has 166 valence electrons. The highest BCUT2D eigenvalue weighted by atomic mass is 19.4. The van der Waals surface area contributed by atoms with Crippen LogP contribution in [-0.2, 0) is 6.18 Å². The number of piperazine rings is 1. The van der Waals surface area contributed by atoms with Crippen LogP contribution in [-0.4, -0.2) is 54.9 Å². The second-order valence-electron chi connectivity index (χ2n) is 7.37. The van der Waals surface area contributed by atoms with Crippen LogP contribution in [0.5, 0.6) is 0 Å². The summed E-state index contributed by atoms with van der Waals surface area (Å²) < 4.78 is 38.1. The Morgan fingerprint density at radius 2 is 1.68 bits per heavy atom. The molecular formula is C22H25F3N4O2. The molecule has 1 aliphatic rings. The Balaban J connectivity index is 1.46. The minimum Gasteiger partial charge on any atom is -0.388 e. The zero-order valence-corrected chi connectivity index (χ0v) is 16.8. The van der Waals surface area contributed by atoms with Gasteiger partial charge in [-0.1, -0.05) is 24.3 Å². The first-order valence-corrected chi connectivity index (χ1v) is 9.88. The van der Waals surface area contributed by atoms with Crippen LogP contribution in [0, 0.1) is 0 Å². The Labute approximate surface area is 178 Å². The number of carbonyl (C=O) groups is 1. The number of primary amides is 1. The van der Waals surface area contributed by atoms with Crippen molar-refractivity contribution in [2.75, 3.05) is 42.9 Å². The minimum atomic E-state index is -4.33. The monoisotopic (exact) mass is 434 g/mol. The molecule has 0 saturated carbocycles. The van der Waals surface area contributed by atoms with E-state index in [1.807, 2.05) is 4.90 Å². The Morgan fingerprint density at radius 1 is 1.06 bits per heavy atom. The molecule has 1 aliphatic heterocycles. The number of nitrogens with one attached hydrogen (secondary N) is 1. The molecule has 0 spiro atoms. The third kappa shape index (κ3) is 6.73. The first-order valence-electron chi connectivity index (χ1n) is 9.88. The molecule has 6 nitrogen and oxygen atoms in total. The topological polar surface area (TPSA) is 81.8 Å². The smallest absolute Gasteiger partial charge is 0.388 e. The summed E-state index contributed by atoms with van der Waals surface area (Å²) in [5.74, 6) is 0. The van der Waals surface area contributed by atoms with Gasteiger partial charge >= 0.3 is 12.2 Å². The molecule has 0 aromatic heterocycles. The first-order chi connectivity index (χ1) is 14.7. The van der Waals surface area contributed by atoms with Crippen molar-refractivity contribution in [3.63, 3.8) is 0 Å². The van der Waals surface area contributed by atoms with Crippen LogP contribution < -0.4 is 16.0 Å². The molecule has 1 atom stereocenters. The fraction of sp³-hybridized carbons (Fsp3) is 0.318. The van der Waals surface area contributed by atoms with E-state index in [9.17, 15) is 23.1 Å². The molecule has 9 heteroatoms. The predicted octanol–water partition coefficient (Wildman–Crippen LogP) is 3.39. The van der Waals surface area contributed by atoms with Crippen LogP contribution in [0.25, 0.3) is 6.08 Å². The Morgan fingerprint density at radius 3 is 2.23 bits per heavy atom. The summed E-state index contributed by atoms with van der Waals surface area (Å²) in [6, 6.07) is 11.6. The number of β-amino-alcohol motifs (C(OH)–C–C–N with tert-alkyl or cyclic N) is 1. The number of urea groups is 1. The van der Waals surface area contributed by atoms with Gasteiger partial charge in [-0.15, -0.1) is 0 Å². The lowest BCUT2D eigenvalue weighted by Crippen LogP contribution is -2.48. The molecule has 1 fully saturated rings. The lowest BCUT2D eigenvalue weighted by Gasteiger charge is -2.36. The van der Waals surface area contributed by atoms with Crippen LogP contribution in [0.2, 0.25) is 0 Å². The number of nitrogens with zero attached hydrogens (tertiary/aromatic N) is 2. The molecule has 0 unspecified atom stereocenters. The largest absolute Gasteiger partial charge is 0.416 e. The lowest BCUT2D eigenvalue weighted by atomic mass is 10.1. The van der Waals surface area contributed by atoms with Crippen molar-refractivity contribution in [1.82, 2.24) is 4.90 Å². The van der Waals surface area contributed by atoms with Gasteiger partial charge in [0.2, 0.25) is 0 Å². The van der Waals surface area contributed by atoms with Crippen LogP contribution >= 0.6 is 0 Å². The molecule has 2 aromatic rings. The summed E-state index contributed by atoms with van der Waals surface area (Å²) in [7, 11) is 0. The van der Waals surface area contributed by atoms with E-state index in [0.717, 1.165) is 23.4 Å². The number of anilines is 2. The number of nitrogens with two attached hydrogens (primary N) is 1. The highest BCUT2D eigenvalue weighted by molar-refractivity contribution is 5.87. The van der Waals surface area contributed by atoms with E-state index in [4.69, 9.17) is 5.73 Å². The summed E-state index contributed by atoms with van der Waals surface area (Å²) in [4.78, 5) is 15.0. The van der Waals surface area contributed by atoms with E-state index in [1.54, 1.807) is 36.4 Å². The second kappa shape index (κ2) is 9.84. The molecule has 2 aromatic carbocycles. The maximum atomic E-state index is 12.7. The van der Waals surface area contributed by atoms with E-state index >= 15 is 0 Å². The quantitative estimate of drug-likeness (QED) is 0.651. The van der Waals surface area contributed by atoms with Crippen molar-refractivity contribution in [1.29, 1.82) is 0 Å². The van der Waals surface area contributed by atoms with Crippen molar-refractivity contribution in [2.24, 2.45) is 5.73 Å². The van der Waals surface area contributed by atoms with Crippen molar-refractivity contribution in [3.05, 3.63) is 65.7 Å². The molecule has 4 N–H and O–H groups in total. The van der Waals surface area contributed by atoms with Crippen molar-refractivity contribution < 1.29 is 23.1 Å². The fourth-order valence-electron chi connectivity index (χ4n) is 3.42. The highest BCUT2D eigenvalue weighted by Crippen LogP contribution is 2.30. The highest BCUT2D eigenvalue weighted by Gasteiger charge is 2.30. The Bertz CT molecular complexity index is 890. The maximum absolute atomic E-state index is 12.7. The van der Waals surface area contributed by atoms with Gasteiger partial charge in [-0.2, -0.15) is 13.2 Å². The molecule has 1 heterocycles. The van der Waals surface area contributed by atoms with E-state index in [2.05, 4.69) is 10.2 Å². The van der Waals surface area contributed by atoms with Gasteiger partial charge in [0.25, 0.3) is 0 Å². The van der Waals surface area contributed by atoms with Crippen molar-refractivity contribution in [3.8, 4) is 0 Å². The van der Waals surface area contributed by atoms with Gasteiger partial charge in [0, 0.05) is 44.1 Å². The summed E-state index contributed by atoms with van der Waals surface area (Å²) in [5.41, 5.74) is 6.65. The summed E-state index contributed by atoms with van der Waals surface area (Å²) in [5, 5.41) is 12.8. The molecule has 1 saturated heterocycles. The van der Waals surface area contributed by atoms with Gasteiger partial charge in [0.1, 0.15) is 0 Å². The molecule has 31 heavy (non-hydrogen) atoms. The number of hydrogen-bond acceptors (Lipinski definition) is 4. The van der Waals surface area contributed by atoms with Gasteiger partial charge in [-0.25, -0.2) is 4.79 Å². The summed E-state index contributed by atoms with van der Waals surface area (Å²) >= 11 is 0. The molecule has 2 amide bonds. The summed E-state index contributed by atoms with van der Waals surface area (Å²) in [6.07, 6.45) is -1.47. The number of amides is 2. The molecule has 0 aliphatic carbocycles.